The maximum absolute atomic E-state index is 5.93. The number of nitrogens with zero attached hydrogens (tertiary/aromatic N) is 1. The van der Waals surface area contributed by atoms with Crippen molar-refractivity contribution in [2.75, 3.05) is 13.2 Å². The molecule has 0 aliphatic rings. The molecule has 0 radical (unpaired) electrons. The first-order valence-corrected chi connectivity index (χ1v) is 9.16. The fourth-order valence-corrected chi connectivity index (χ4v) is 2.34. The highest BCUT2D eigenvalue weighted by Crippen LogP contribution is 2.28. The number of ether oxygens (including phenoxy) is 2. The summed E-state index contributed by atoms with van der Waals surface area (Å²) in [6, 6.07) is 14.0. The predicted molar refractivity (Wildman–Crippen MR) is 115 cm³/mol. The second kappa shape index (κ2) is 11.0. The molecule has 0 aliphatic carbocycles. The number of nitrogens with one attached hydrogen (secondary N) is 2. The Morgan fingerprint density at radius 3 is 2.63 bits per heavy atom. The third-order valence-electron chi connectivity index (χ3n) is 3.57. The second-order valence-electron chi connectivity index (χ2n) is 5.78. The summed E-state index contributed by atoms with van der Waals surface area (Å²) in [5, 5.41) is 7.50. The molecule has 2 rings (SSSR count). The average molecular weight is 384 g/mol. The summed E-state index contributed by atoms with van der Waals surface area (Å²) in [5.74, 6) is 1.38. The second-order valence-corrected chi connectivity index (χ2v) is 6.19. The molecule has 0 amide bonds. The Labute approximate surface area is 166 Å². The van der Waals surface area contributed by atoms with E-state index in [2.05, 4.69) is 53.6 Å². The predicted octanol–water partition coefficient (Wildman–Crippen LogP) is 3.96. The number of benzene rings is 2. The van der Waals surface area contributed by atoms with E-state index >= 15 is 0 Å². The van der Waals surface area contributed by atoms with Gasteiger partial charge in [0, 0.05) is 6.54 Å². The van der Waals surface area contributed by atoms with Crippen LogP contribution in [-0.4, -0.2) is 24.5 Å². The molecule has 142 valence electrons. The number of hydrogen-bond acceptors (Lipinski definition) is 4. The minimum absolute atomic E-state index is 0.439. The molecule has 2 aromatic carbocycles. The molecule has 5 nitrogen and oxygen atoms in total. The van der Waals surface area contributed by atoms with E-state index in [-0.39, 0.29) is 0 Å². The van der Waals surface area contributed by atoms with E-state index in [9.17, 15) is 0 Å². The number of rotatable bonds is 9. The Kier molecular flexibility index (Phi) is 8.32. The first kappa shape index (κ1) is 20.5. The van der Waals surface area contributed by atoms with Crippen molar-refractivity contribution in [2.24, 2.45) is 5.10 Å². The monoisotopic (exact) mass is 383 g/mol. The van der Waals surface area contributed by atoms with E-state index in [1.54, 1.807) is 12.3 Å². The number of thiocarbonyl (C=S) groups is 1. The van der Waals surface area contributed by atoms with Crippen molar-refractivity contribution in [3.63, 3.8) is 0 Å². The molecule has 0 saturated carbocycles. The van der Waals surface area contributed by atoms with Crippen LogP contribution in [0.4, 0.5) is 0 Å². The van der Waals surface area contributed by atoms with Crippen LogP contribution in [0.15, 0.2) is 60.2 Å². The fourth-order valence-electron chi connectivity index (χ4n) is 2.21. The smallest absolute Gasteiger partial charge is 0.187 e. The van der Waals surface area contributed by atoms with Crippen LogP contribution < -0.4 is 20.2 Å². The Bertz CT molecular complexity index is 789. The summed E-state index contributed by atoms with van der Waals surface area (Å²) >= 11 is 5.08. The van der Waals surface area contributed by atoms with Crippen LogP contribution in [0.1, 0.15) is 23.6 Å². The van der Waals surface area contributed by atoms with Gasteiger partial charge in [-0.2, -0.15) is 5.10 Å². The standard InChI is InChI=1S/C21H25N3O2S/c1-4-12-22-21(27)24-23-14-18-10-11-19(20(13-18)25-5-2)26-15-17-8-6-16(3)7-9-17/h4,6-11,13-14H,1,5,12,15H2,2-3H3,(H2,22,24,27). The van der Waals surface area contributed by atoms with Gasteiger partial charge >= 0.3 is 0 Å². The normalized spacial score (nSPS) is 10.4. The van der Waals surface area contributed by atoms with E-state index in [0.717, 1.165) is 11.1 Å². The minimum atomic E-state index is 0.439. The van der Waals surface area contributed by atoms with Crippen LogP contribution in [-0.2, 0) is 6.61 Å². The summed E-state index contributed by atoms with van der Waals surface area (Å²) in [5.41, 5.74) is 5.96. The molecular weight excluding hydrogens is 358 g/mol. The quantitative estimate of drug-likeness (QED) is 0.297. The third-order valence-corrected chi connectivity index (χ3v) is 3.80. The van der Waals surface area contributed by atoms with Gasteiger partial charge in [0.25, 0.3) is 0 Å². The Morgan fingerprint density at radius 2 is 1.93 bits per heavy atom. The van der Waals surface area contributed by atoms with E-state index in [4.69, 9.17) is 21.7 Å². The van der Waals surface area contributed by atoms with Crippen molar-refractivity contribution in [3.8, 4) is 11.5 Å². The molecule has 2 aromatic rings. The van der Waals surface area contributed by atoms with Crippen LogP contribution in [0.25, 0.3) is 0 Å². The summed E-state index contributed by atoms with van der Waals surface area (Å²) in [7, 11) is 0. The lowest BCUT2D eigenvalue weighted by atomic mass is 10.2. The Hall–Kier alpha value is -2.86. The number of hydrogen-bond donors (Lipinski definition) is 2. The van der Waals surface area contributed by atoms with Crippen LogP contribution in [0.2, 0.25) is 0 Å². The Morgan fingerprint density at radius 1 is 1.15 bits per heavy atom. The lowest BCUT2D eigenvalue weighted by Crippen LogP contribution is -2.31. The van der Waals surface area contributed by atoms with Gasteiger partial charge in [-0.05, 0) is 55.4 Å². The zero-order valence-corrected chi connectivity index (χ0v) is 16.5. The molecule has 0 spiro atoms. The van der Waals surface area contributed by atoms with E-state index in [1.165, 1.54) is 5.56 Å². The summed E-state index contributed by atoms with van der Waals surface area (Å²) in [4.78, 5) is 0. The van der Waals surface area contributed by atoms with E-state index < -0.39 is 0 Å². The highest BCUT2D eigenvalue weighted by molar-refractivity contribution is 7.80. The van der Waals surface area contributed by atoms with Crippen molar-refractivity contribution < 1.29 is 9.47 Å². The SMILES string of the molecule is C=CCNC(=S)NN=Cc1ccc(OCc2ccc(C)cc2)c(OCC)c1. The number of aryl methyl sites for hydroxylation is 1. The van der Waals surface area contributed by atoms with Gasteiger partial charge in [0.2, 0.25) is 0 Å². The molecule has 0 aromatic heterocycles. The molecule has 0 unspecified atom stereocenters. The van der Waals surface area contributed by atoms with Crippen LogP contribution in [0, 0.1) is 6.92 Å². The largest absolute Gasteiger partial charge is 0.490 e. The molecule has 0 heterocycles. The van der Waals surface area contributed by atoms with Crippen molar-refractivity contribution in [2.45, 2.75) is 20.5 Å². The summed E-state index contributed by atoms with van der Waals surface area (Å²) < 4.78 is 11.6. The van der Waals surface area contributed by atoms with Crippen molar-refractivity contribution in [1.29, 1.82) is 0 Å². The molecule has 27 heavy (non-hydrogen) atoms. The summed E-state index contributed by atoms with van der Waals surface area (Å²) in [6.45, 7) is 9.25. The van der Waals surface area contributed by atoms with Gasteiger partial charge in [-0.3, -0.25) is 5.43 Å². The number of hydrazone groups is 1. The average Bonchev–Trinajstić information content (AvgIpc) is 2.67. The van der Waals surface area contributed by atoms with Gasteiger partial charge in [-0.15, -0.1) is 6.58 Å². The molecule has 0 bridgehead atoms. The van der Waals surface area contributed by atoms with Crippen LogP contribution in [0.3, 0.4) is 0 Å². The van der Waals surface area contributed by atoms with Gasteiger partial charge < -0.3 is 14.8 Å². The molecule has 0 saturated heterocycles. The molecule has 6 heteroatoms. The summed E-state index contributed by atoms with van der Waals surface area (Å²) in [6.07, 6.45) is 3.40. The lowest BCUT2D eigenvalue weighted by molar-refractivity contribution is 0.269. The zero-order valence-electron chi connectivity index (χ0n) is 15.7. The van der Waals surface area contributed by atoms with Gasteiger partial charge in [-0.1, -0.05) is 35.9 Å². The molecule has 0 aliphatic heterocycles. The lowest BCUT2D eigenvalue weighted by Gasteiger charge is -2.13. The van der Waals surface area contributed by atoms with E-state index in [0.29, 0.717) is 36.4 Å². The molecular formula is C21H25N3O2S. The minimum Gasteiger partial charge on any atom is -0.490 e. The van der Waals surface area contributed by atoms with E-state index in [1.807, 2.05) is 25.1 Å². The van der Waals surface area contributed by atoms with Crippen molar-refractivity contribution in [3.05, 3.63) is 71.8 Å². The van der Waals surface area contributed by atoms with Gasteiger partial charge in [-0.25, -0.2) is 0 Å². The molecule has 0 atom stereocenters. The van der Waals surface area contributed by atoms with Gasteiger partial charge in [0.1, 0.15) is 6.61 Å². The van der Waals surface area contributed by atoms with Gasteiger partial charge in [0.15, 0.2) is 16.6 Å². The fraction of sp³-hybridized carbons (Fsp3) is 0.238. The van der Waals surface area contributed by atoms with Gasteiger partial charge in [0.05, 0.1) is 12.8 Å². The maximum Gasteiger partial charge on any atom is 0.187 e. The van der Waals surface area contributed by atoms with Crippen molar-refractivity contribution >= 4 is 23.5 Å². The van der Waals surface area contributed by atoms with Crippen LogP contribution >= 0.6 is 12.2 Å². The molecule has 2 N–H and O–H groups in total. The maximum atomic E-state index is 5.93. The highest BCUT2D eigenvalue weighted by Gasteiger charge is 2.06. The first-order chi connectivity index (χ1) is 13.1. The zero-order chi connectivity index (χ0) is 19.5. The Balaban J connectivity index is 2.01. The topological polar surface area (TPSA) is 54.9 Å². The van der Waals surface area contributed by atoms with Crippen molar-refractivity contribution in [1.82, 2.24) is 10.7 Å². The van der Waals surface area contributed by atoms with Crippen LogP contribution in [0.5, 0.6) is 11.5 Å². The third kappa shape index (κ3) is 7.11. The molecule has 0 fully saturated rings. The first-order valence-electron chi connectivity index (χ1n) is 8.75. The highest BCUT2D eigenvalue weighted by atomic mass is 32.1.